The number of furan rings is 1. The Morgan fingerprint density at radius 3 is 2.55 bits per heavy atom. The van der Waals surface area contributed by atoms with Crippen LogP contribution in [-0.4, -0.2) is 36.4 Å². The molecule has 0 unspecified atom stereocenters. The first-order chi connectivity index (χ1) is 13.8. The molecule has 1 aromatic carbocycles. The van der Waals surface area contributed by atoms with Crippen molar-refractivity contribution in [1.29, 1.82) is 0 Å². The lowest BCUT2D eigenvalue weighted by molar-refractivity contribution is -0.121. The number of nitrogens with zero attached hydrogens (tertiary/aromatic N) is 2. The van der Waals surface area contributed by atoms with Gasteiger partial charge in [-0.25, -0.2) is 0 Å². The van der Waals surface area contributed by atoms with Crippen LogP contribution < -0.4 is 9.64 Å². The maximum atomic E-state index is 12.7. The van der Waals surface area contributed by atoms with Gasteiger partial charge in [-0.2, -0.15) is 0 Å². The molecule has 2 aliphatic heterocycles. The van der Waals surface area contributed by atoms with Crippen molar-refractivity contribution in [2.75, 3.05) is 24.6 Å². The number of rotatable bonds is 3. The summed E-state index contributed by atoms with van der Waals surface area (Å²) < 4.78 is 11.4. The van der Waals surface area contributed by atoms with E-state index < -0.39 is 0 Å². The molecule has 6 heteroatoms. The first-order valence-corrected chi connectivity index (χ1v) is 10.3. The fraction of sp³-hybridized carbons (Fsp3) is 0.478. The molecule has 0 atom stereocenters. The largest absolute Gasteiger partial charge is 0.482 e. The Morgan fingerprint density at radius 2 is 1.83 bits per heavy atom. The molecule has 2 aromatic rings. The molecule has 0 bridgehead atoms. The van der Waals surface area contributed by atoms with E-state index in [-0.39, 0.29) is 30.4 Å². The molecule has 0 radical (unpaired) electrons. The van der Waals surface area contributed by atoms with Gasteiger partial charge in [-0.1, -0.05) is 26.8 Å². The molecule has 1 saturated heterocycles. The van der Waals surface area contributed by atoms with Gasteiger partial charge in [-0.15, -0.1) is 0 Å². The van der Waals surface area contributed by atoms with Crippen LogP contribution in [0.1, 0.15) is 61.9 Å². The number of piperidine rings is 1. The smallest absolute Gasteiger partial charge is 0.289 e. The molecule has 4 rings (SSSR count). The summed E-state index contributed by atoms with van der Waals surface area (Å²) in [5.41, 5.74) is 1.83. The molecule has 2 aliphatic rings. The van der Waals surface area contributed by atoms with Crippen LogP contribution in [0.5, 0.6) is 5.75 Å². The second-order valence-electron chi connectivity index (χ2n) is 8.82. The Morgan fingerprint density at radius 1 is 1.07 bits per heavy atom. The van der Waals surface area contributed by atoms with Crippen molar-refractivity contribution in [1.82, 2.24) is 4.90 Å². The van der Waals surface area contributed by atoms with E-state index in [1.807, 2.05) is 23.1 Å². The zero-order valence-electron chi connectivity index (χ0n) is 17.4. The summed E-state index contributed by atoms with van der Waals surface area (Å²) in [6.45, 7) is 8.23. The summed E-state index contributed by atoms with van der Waals surface area (Å²) >= 11 is 0. The highest BCUT2D eigenvalue weighted by atomic mass is 16.5. The Kier molecular flexibility index (Phi) is 5.11. The van der Waals surface area contributed by atoms with Gasteiger partial charge in [0.1, 0.15) is 11.5 Å². The van der Waals surface area contributed by atoms with E-state index >= 15 is 0 Å². The Balaban J connectivity index is 1.56. The zero-order chi connectivity index (χ0) is 20.6. The second-order valence-corrected chi connectivity index (χ2v) is 8.82. The van der Waals surface area contributed by atoms with Gasteiger partial charge in [0.05, 0.1) is 12.2 Å². The van der Waals surface area contributed by atoms with Gasteiger partial charge in [-0.3, -0.25) is 14.5 Å². The van der Waals surface area contributed by atoms with E-state index in [0.29, 0.717) is 17.3 Å². The van der Waals surface area contributed by atoms with Crippen LogP contribution in [-0.2, 0) is 16.8 Å². The molecule has 0 saturated carbocycles. The van der Waals surface area contributed by atoms with Crippen LogP contribution in [0.4, 0.5) is 5.69 Å². The van der Waals surface area contributed by atoms with Crippen molar-refractivity contribution < 1.29 is 18.7 Å². The summed E-state index contributed by atoms with van der Waals surface area (Å²) in [6, 6.07) is 9.46. The summed E-state index contributed by atoms with van der Waals surface area (Å²) in [6.07, 6.45) is 3.24. The number of carbonyl (C=O) groups excluding carboxylic acids is 2. The standard InChI is InChI=1S/C23H28N2O4/c1-23(2,3)16-7-9-19-18(13-16)25(21(26)15-28-19)14-17-8-10-20(29-17)22(27)24-11-5-4-6-12-24/h7-10,13H,4-6,11-12,14-15H2,1-3H3. The minimum absolute atomic E-state index is 0.00212. The molecule has 1 aromatic heterocycles. The molecule has 154 valence electrons. The molecule has 0 N–H and O–H groups in total. The van der Waals surface area contributed by atoms with E-state index in [0.717, 1.165) is 37.2 Å². The third kappa shape index (κ3) is 4.02. The molecule has 1 fully saturated rings. The molecule has 2 amide bonds. The highest BCUT2D eigenvalue weighted by molar-refractivity contribution is 5.98. The lowest BCUT2D eigenvalue weighted by Crippen LogP contribution is -2.38. The van der Waals surface area contributed by atoms with Crippen molar-refractivity contribution in [2.24, 2.45) is 0 Å². The highest BCUT2D eigenvalue weighted by Gasteiger charge is 2.29. The van der Waals surface area contributed by atoms with Gasteiger partial charge in [0.2, 0.25) is 0 Å². The number of carbonyl (C=O) groups is 2. The van der Waals surface area contributed by atoms with Gasteiger partial charge in [0, 0.05) is 13.1 Å². The van der Waals surface area contributed by atoms with Gasteiger partial charge in [-0.05, 0) is 54.5 Å². The van der Waals surface area contributed by atoms with Crippen LogP contribution in [0.3, 0.4) is 0 Å². The summed E-state index contributed by atoms with van der Waals surface area (Å²) in [4.78, 5) is 28.8. The molecular weight excluding hydrogens is 368 g/mol. The lowest BCUT2D eigenvalue weighted by Gasteiger charge is -2.31. The number of benzene rings is 1. The zero-order valence-corrected chi connectivity index (χ0v) is 17.4. The number of likely N-dealkylation sites (tertiary alicyclic amines) is 1. The van der Waals surface area contributed by atoms with E-state index in [2.05, 4.69) is 20.8 Å². The number of fused-ring (bicyclic) bond motifs is 1. The van der Waals surface area contributed by atoms with Crippen molar-refractivity contribution in [3.05, 3.63) is 47.4 Å². The minimum Gasteiger partial charge on any atom is -0.482 e. The van der Waals surface area contributed by atoms with Crippen LogP contribution in [0, 0.1) is 0 Å². The minimum atomic E-state index is -0.121. The average Bonchev–Trinajstić information content (AvgIpc) is 3.18. The Hall–Kier alpha value is -2.76. The maximum absolute atomic E-state index is 12.7. The SMILES string of the molecule is CC(C)(C)c1ccc2c(c1)N(Cc1ccc(C(=O)N3CCCCC3)o1)C(=O)CO2. The third-order valence-corrected chi connectivity index (χ3v) is 5.60. The third-order valence-electron chi connectivity index (χ3n) is 5.60. The molecular formula is C23H28N2O4. The van der Waals surface area contributed by atoms with Crippen LogP contribution in [0.25, 0.3) is 0 Å². The number of hydrogen-bond donors (Lipinski definition) is 0. The van der Waals surface area contributed by atoms with Crippen LogP contribution in [0.2, 0.25) is 0 Å². The first kappa shape index (κ1) is 19.6. The number of hydrogen-bond acceptors (Lipinski definition) is 4. The van der Waals surface area contributed by atoms with E-state index in [1.165, 1.54) is 6.42 Å². The summed E-state index contributed by atoms with van der Waals surface area (Å²) in [5, 5.41) is 0. The highest BCUT2D eigenvalue weighted by Crippen LogP contribution is 2.37. The average molecular weight is 396 g/mol. The normalized spacial score (nSPS) is 17.1. The molecule has 29 heavy (non-hydrogen) atoms. The lowest BCUT2D eigenvalue weighted by atomic mass is 9.86. The van der Waals surface area contributed by atoms with E-state index in [1.54, 1.807) is 17.0 Å². The Labute approximate surface area is 171 Å². The van der Waals surface area contributed by atoms with Crippen LogP contribution >= 0.6 is 0 Å². The summed E-state index contributed by atoms with van der Waals surface area (Å²) in [5.74, 6) is 1.43. The van der Waals surface area contributed by atoms with Crippen molar-refractivity contribution in [3.63, 3.8) is 0 Å². The first-order valence-electron chi connectivity index (χ1n) is 10.3. The predicted octanol–water partition coefficient (Wildman–Crippen LogP) is 4.13. The van der Waals surface area contributed by atoms with Crippen molar-refractivity contribution in [3.8, 4) is 5.75 Å². The van der Waals surface area contributed by atoms with Gasteiger partial charge < -0.3 is 14.1 Å². The van der Waals surface area contributed by atoms with E-state index in [9.17, 15) is 9.59 Å². The topological polar surface area (TPSA) is 63.0 Å². The number of amides is 2. The van der Waals surface area contributed by atoms with Crippen molar-refractivity contribution in [2.45, 2.75) is 52.0 Å². The second kappa shape index (κ2) is 7.58. The molecule has 0 spiro atoms. The van der Waals surface area contributed by atoms with Crippen molar-refractivity contribution >= 4 is 17.5 Å². The molecule has 0 aliphatic carbocycles. The fourth-order valence-electron chi connectivity index (χ4n) is 3.83. The quantitative estimate of drug-likeness (QED) is 0.783. The summed E-state index contributed by atoms with van der Waals surface area (Å²) in [7, 11) is 0. The van der Waals surface area contributed by atoms with Gasteiger partial charge in [0.25, 0.3) is 11.8 Å². The van der Waals surface area contributed by atoms with Gasteiger partial charge in [0.15, 0.2) is 12.4 Å². The fourth-order valence-corrected chi connectivity index (χ4v) is 3.83. The maximum Gasteiger partial charge on any atom is 0.289 e. The predicted molar refractivity (Wildman–Crippen MR) is 110 cm³/mol. The van der Waals surface area contributed by atoms with E-state index in [4.69, 9.17) is 9.15 Å². The molecule has 6 nitrogen and oxygen atoms in total. The number of ether oxygens (including phenoxy) is 1. The molecule has 3 heterocycles. The van der Waals surface area contributed by atoms with Crippen LogP contribution in [0.15, 0.2) is 34.7 Å². The van der Waals surface area contributed by atoms with Gasteiger partial charge >= 0.3 is 0 Å². The number of anilines is 1. The monoisotopic (exact) mass is 396 g/mol. The Bertz CT molecular complexity index is 919.